The normalized spacial score (nSPS) is 20.6. The average Bonchev–Trinajstić information content (AvgIpc) is 3.09. The lowest BCUT2D eigenvalue weighted by Crippen LogP contribution is -2.54. The van der Waals surface area contributed by atoms with Gasteiger partial charge in [0.1, 0.15) is 5.54 Å². The number of rotatable bonds is 3. The highest BCUT2D eigenvalue weighted by Crippen LogP contribution is 2.57. The van der Waals surface area contributed by atoms with Gasteiger partial charge in [0, 0.05) is 23.7 Å². The molecule has 140 valence electrons. The number of amides is 1. The number of hydrogen-bond donors (Lipinski definition) is 1. The Morgan fingerprint density at radius 1 is 1.41 bits per heavy atom. The number of fused-ring (bicyclic) bond motifs is 3. The molecule has 2 atom stereocenters. The largest absolute Gasteiger partial charge is 0.410 e. The Balaban J connectivity index is 1.75. The van der Waals surface area contributed by atoms with E-state index in [1.165, 1.54) is 10.9 Å². The lowest BCUT2D eigenvalue weighted by Gasteiger charge is -2.28. The molecule has 2 aromatic rings. The summed E-state index contributed by atoms with van der Waals surface area (Å²) in [5.74, 6) is 0.153. The predicted molar refractivity (Wildman–Crippen MR) is 88.2 cm³/mol. The number of carbonyl (C=O) groups excluding carboxylic acids is 1. The van der Waals surface area contributed by atoms with Gasteiger partial charge in [-0.05, 0) is 38.7 Å². The number of halogens is 3. The molecule has 1 saturated carbocycles. The number of nitrogens with zero attached hydrogens (tertiary/aromatic N) is 4. The summed E-state index contributed by atoms with van der Waals surface area (Å²) in [6.07, 6.45) is -1.54. The second-order valence-corrected chi connectivity index (χ2v) is 7.52. The SMILES string of the molecule is CC(C)(NC(=O)c1nn(-c2cc(C#N)ccn2)c2c1C[C@H]1C[C@@H]21)C(F)(F)F. The van der Waals surface area contributed by atoms with Crippen LogP contribution in [-0.2, 0) is 6.42 Å². The third kappa shape index (κ3) is 2.76. The van der Waals surface area contributed by atoms with Crippen LogP contribution in [0.1, 0.15) is 53.5 Å². The van der Waals surface area contributed by atoms with Crippen LogP contribution in [0.2, 0.25) is 0 Å². The first-order valence-corrected chi connectivity index (χ1v) is 8.50. The van der Waals surface area contributed by atoms with Crippen molar-refractivity contribution < 1.29 is 18.0 Å². The molecule has 2 aliphatic rings. The van der Waals surface area contributed by atoms with E-state index in [1.54, 1.807) is 12.1 Å². The Hall–Kier alpha value is -2.89. The maximum atomic E-state index is 13.1. The zero-order valence-electron chi connectivity index (χ0n) is 14.6. The second kappa shape index (κ2) is 5.55. The summed E-state index contributed by atoms with van der Waals surface area (Å²) in [7, 11) is 0. The van der Waals surface area contributed by atoms with E-state index >= 15 is 0 Å². The first-order chi connectivity index (χ1) is 12.6. The molecule has 27 heavy (non-hydrogen) atoms. The smallest absolute Gasteiger partial charge is 0.337 e. The lowest BCUT2D eigenvalue weighted by atomic mass is 10.0. The minimum atomic E-state index is -4.58. The van der Waals surface area contributed by atoms with Gasteiger partial charge in [-0.15, -0.1) is 0 Å². The van der Waals surface area contributed by atoms with Crippen molar-refractivity contribution in [2.75, 3.05) is 0 Å². The minimum absolute atomic E-state index is 0.00122. The van der Waals surface area contributed by atoms with Crippen LogP contribution in [0.25, 0.3) is 5.82 Å². The van der Waals surface area contributed by atoms with Gasteiger partial charge in [0.05, 0.1) is 17.3 Å². The van der Waals surface area contributed by atoms with Crippen LogP contribution in [0, 0.1) is 17.2 Å². The van der Waals surface area contributed by atoms with Gasteiger partial charge in [-0.2, -0.15) is 23.5 Å². The molecule has 0 aliphatic heterocycles. The Morgan fingerprint density at radius 2 is 2.15 bits per heavy atom. The van der Waals surface area contributed by atoms with E-state index in [4.69, 9.17) is 5.26 Å². The number of aromatic nitrogens is 3. The number of alkyl halides is 3. The molecular formula is C18H16F3N5O. The Kier molecular flexibility index (Phi) is 3.60. The number of nitriles is 1. The van der Waals surface area contributed by atoms with E-state index in [1.807, 2.05) is 11.4 Å². The van der Waals surface area contributed by atoms with Gasteiger partial charge in [0.15, 0.2) is 11.5 Å². The fourth-order valence-corrected chi connectivity index (χ4v) is 3.49. The Morgan fingerprint density at radius 3 is 2.81 bits per heavy atom. The van der Waals surface area contributed by atoms with Crippen molar-refractivity contribution in [3.05, 3.63) is 40.8 Å². The lowest BCUT2D eigenvalue weighted by molar-refractivity contribution is -0.182. The van der Waals surface area contributed by atoms with E-state index in [-0.39, 0.29) is 11.6 Å². The molecule has 0 radical (unpaired) electrons. The van der Waals surface area contributed by atoms with E-state index in [9.17, 15) is 18.0 Å². The molecule has 2 heterocycles. The van der Waals surface area contributed by atoms with Crippen LogP contribution < -0.4 is 5.32 Å². The van der Waals surface area contributed by atoms with Crippen LogP contribution >= 0.6 is 0 Å². The molecule has 1 N–H and O–H groups in total. The first-order valence-electron chi connectivity index (χ1n) is 8.50. The van der Waals surface area contributed by atoms with E-state index in [2.05, 4.69) is 10.1 Å². The molecule has 0 unspecified atom stereocenters. The molecule has 0 bridgehead atoms. The number of hydrogen-bond acceptors (Lipinski definition) is 4. The maximum absolute atomic E-state index is 13.1. The third-order valence-electron chi connectivity index (χ3n) is 5.20. The van der Waals surface area contributed by atoms with Crippen LogP contribution in [0.4, 0.5) is 13.2 Å². The van der Waals surface area contributed by atoms with Crippen LogP contribution in [0.5, 0.6) is 0 Å². The summed E-state index contributed by atoms with van der Waals surface area (Å²) in [6, 6.07) is 5.11. The Labute approximate surface area is 153 Å². The van der Waals surface area contributed by atoms with Gasteiger partial charge < -0.3 is 5.32 Å². The van der Waals surface area contributed by atoms with Gasteiger partial charge in [-0.3, -0.25) is 4.79 Å². The molecule has 0 saturated heterocycles. The van der Waals surface area contributed by atoms with Crippen LogP contribution in [-0.4, -0.2) is 32.4 Å². The van der Waals surface area contributed by atoms with E-state index in [0.717, 1.165) is 26.0 Å². The average molecular weight is 375 g/mol. The molecule has 1 fully saturated rings. The Bertz CT molecular complexity index is 986. The van der Waals surface area contributed by atoms with Crippen molar-refractivity contribution >= 4 is 5.91 Å². The summed E-state index contributed by atoms with van der Waals surface area (Å²) >= 11 is 0. The summed E-state index contributed by atoms with van der Waals surface area (Å²) in [6.45, 7) is 1.83. The van der Waals surface area contributed by atoms with Crippen molar-refractivity contribution in [1.82, 2.24) is 20.1 Å². The minimum Gasteiger partial charge on any atom is -0.337 e. The van der Waals surface area contributed by atoms with E-state index in [0.29, 0.717) is 29.3 Å². The number of carbonyl (C=O) groups is 1. The van der Waals surface area contributed by atoms with Gasteiger partial charge >= 0.3 is 6.18 Å². The molecular weight excluding hydrogens is 359 g/mol. The first kappa shape index (κ1) is 17.5. The van der Waals surface area contributed by atoms with Crippen molar-refractivity contribution in [2.24, 2.45) is 5.92 Å². The highest BCUT2D eigenvalue weighted by atomic mass is 19.4. The molecule has 2 aromatic heterocycles. The maximum Gasteiger partial charge on any atom is 0.410 e. The molecule has 4 rings (SSSR count). The number of nitrogens with one attached hydrogen (secondary N) is 1. The van der Waals surface area contributed by atoms with Crippen molar-refractivity contribution in [3.63, 3.8) is 0 Å². The number of pyridine rings is 1. The highest BCUT2D eigenvalue weighted by Gasteiger charge is 2.52. The van der Waals surface area contributed by atoms with Crippen molar-refractivity contribution in [3.8, 4) is 11.9 Å². The van der Waals surface area contributed by atoms with Crippen molar-refractivity contribution in [1.29, 1.82) is 5.26 Å². The topological polar surface area (TPSA) is 83.6 Å². The molecule has 9 heteroatoms. The molecule has 1 amide bonds. The van der Waals surface area contributed by atoms with Crippen molar-refractivity contribution in [2.45, 2.75) is 44.3 Å². The van der Waals surface area contributed by atoms with Crippen LogP contribution in [0.15, 0.2) is 18.3 Å². The molecule has 2 aliphatic carbocycles. The monoisotopic (exact) mass is 375 g/mol. The zero-order valence-corrected chi connectivity index (χ0v) is 14.6. The third-order valence-corrected chi connectivity index (χ3v) is 5.20. The van der Waals surface area contributed by atoms with E-state index < -0.39 is 17.6 Å². The fourth-order valence-electron chi connectivity index (χ4n) is 3.49. The summed E-state index contributed by atoms with van der Waals surface area (Å²) < 4.78 is 40.9. The summed E-state index contributed by atoms with van der Waals surface area (Å²) in [4.78, 5) is 16.8. The standard InChI is InChI=1S/C18H16F3N5O/c1-17(2,18(19,20)21)24-16(27)14-12-7-10-6-11(10)15(12)26(25-14)13-5-9(8-22)3-4-23-13/h3-5,10-11H,6-7H2,1-2H3,(H,24,27)/t10-,11-/m1/s1. The summed E-state index contributed by atoms with van der Waals surface area (Å²) in [5.41, 5.74) is -0.493. The van der Waals surface area contributed by atoms with Gasteiger partial charge in [-0.25, -0.2) is 9.67 Å². The predicted octanol–water partition coefficient (Wildman–Crippen LogP) is 2.87. The van der Waals surface area contributed by atoms with Crippen LogP contribution in [0.3, 0.4) is 0 Å². The molecule has 6 nitrogen and oxygen atoms in total. The summed E-state index contributed by atoms with van der Waals surface area (Å²) in [5, 5.41) is 15.4. The molecule has 0 aromatic carbocycles. The quantitative estimate of drug-likeness (QED) is 0.894. The zero-order chi connectivity index (χ0) is 19.6. The van der Waals surface area contributed by atoms with Gasteiger partial charge in [0.2, 0.25) is 0 Å². The van der Waals surface area contributed by atoms with Gasteiger partial charge in [-0.1, -0.05) is 0 Å². The fraction of sp³-hybridized carbons (Fsp3) is 0.444. The van der Waals surface area contributed by atoms with Gasteiger partial charge in [0.25, 0.3) is 5.91 Å². The molecule has 0 spiro atoms. The highest BCUT2D eigenvalue weighted by molar-refractivity contribution is 5.95. The second-order valence-electron chi connectivity index (χ2n) is 7.52.